The largest absolute Gasteiger partial charge is 0.361 e. The molecule has 0 N–H and O–H groups in total. The molecule has 3 heterocycles. The van der Waals surface area contributed by atoms with Crippen molar-refractivity contribution in [2.45, 2.75) is 58.1 Å². The SMILES string of the molecule is CCCOCn1ccc2c1ncn1nnc(C3CCCCC3)c21. The van der Waals surface area contributed by atoms with E-state index < -0.39 is 0 Å². The van der Waals surface area contributed by atoms with E-state index in [9.17, 15) is 0 Å². The van der Waals surface area contributed by atoms with E-state index in [2.05, 4.69) is 32.9 Å². The van der Waals surface area contributed by atoms with Crippen LogP contribution in [0, 0.1) is 0 Å². The van der Waals surface area contributed by atoms with Crippen LogP contribution in [-0.4, -0.2) is 31.0 Å². The summed E-state index contributed by atoms with van der Waals surface area (Å²) < 4.78 is 9.54. The van der Waals surface area contributed by atoms with Crippen molar-refractivity contribution in [3.8, 4) is 0 Å². The fourth-order valence-corrected chi connectivity index (χ4v) is 3.61. The Balaban J connectivity index is 1.76. The quantitative estimate of drug-likeness (QED) is 0.676. The number of hydrogen-bond acceptors (Lipinski definition) is 4. The smallest absolute Gasteiger partial charge is 0.145 e. The highest BCUT2D eigenvalue weighted by atomic mass is 16.5. The van der Waals surface area contributed by atoms with E-state index in [4.69, 9.17) is 4.74 Å². The van der Waals surface area contributed by atoms with Crippen molar-refractivity contribution < 1.29 is 4.74 Å². The fourth-order valence-electron chi connectivity index (χ4n) is 3.61. The minimum absolute atomic E-state index is 0.534. The molecule has 0 spiro atoms. The first kappa shape index (κ1) is 14.6. The average Bonchev–Trinajstić information content (AvgIpc) is 3.19. The molecule has 0 unspecified atom stereocenters. The standard InChI is InChI=1S/C17H23N5O/c1-2-10-23-12-21-9-8-14-16-15(13-6-4-3-5-7-13)19-20-22(16)11-18-17(14)21/h8-9,11,13H,2-7,10,12H2,1H3. The van der Waals surface area contributed by atoms with Gasteiger partial charge in [0, 0.05) is 24.1 Å². The lowest BCUT2D eigenvalue weighted by Gasteiger charge is -2.19. The zero-order valence-electron chi connectivity index (χ0n) is 13.6. The molecule has 3 aromatic rings. The molecule has 0 saturated heterocycles. The van der Waals surface area contributed by atoms with Gasteiger partial charge in [-0.2, -0.15) is 0 Å². The number of nitrogens with zero attached hydrogens (tertiary/aromatic N) is 5. The van der Waals surface area contributed by atoms with E-state index in [1.54, 1.807) is 6.33 Å². The zero-order chi connectivity index (χ0) is 15.6. The molecule has 122 valence electrons. The van der Waals surface area contributed by atoms with Crippen molar-refractivity contribution in [3.63, 3.8) is 0 Å². The number of fused-ring (bicyclic) bond motifs is 3. The van der Waals surface area contributed by atoms with Crippen molar-refractivity contribution in [2.24, 2.45) is 0 Å². The van der Waals surface area contributed by atoms with Gasteiger partial charge in [-0.05, 0) is 25.3 Å². The number of hydrogen-bond donors (Lipinski definition) is 0. The van der Waals surface area contributed by atoms with E-state index >= 15 is 0 Å². The molecule has 0 aromatic carbocycles. The molecule has 0 atom stereocenters. The molecule has 0 bridgehead atoms. The van der Waals surface area contributed by atoms with Crippen LogP contribution in [-0.2, 0) is 11.5 Å². The Hall–Kier alpha value is -1.95. The molecule has 1 aliphatic rings. The summed E-state index contributed by atoms with van der Waals surface area (Å²) in [7, 11) is 0. The molecular formula is C17H23N5O. The Morgan fingerprint density at radius 2 is 2.13 bits per heavy atom. The van der Waals surface area contributed by atoms with Gasteiger partial charge in [-0.15, -0.1) is 5.10 Å². The molecule has 0 radical (unpaired) electrons. The molecular weight excluding hydrogens is 290 g/mol. The van der Waals surface area contributed by atoms with Gasteiger partial charge in [-0.25, -0.2) is 9.50 Å². The van der Waals surface area contributed by atoms with Crippen LogP contribution in [0.25, 0.3) is 16.6 Å². The topological polar surface area (TPSA) is 57.2 Å². The first-order valence-electron chi connectivity index (χ1n) is 8.65. The van der Waals surface area contributed by atoms with Crippen LogP contribution in [0.15, 0.2) is 18.6 Å². The summed E-state index contributed by atoms with van der Waals surface area (Å²) in [5.74, 6) is 0.534. The molecule has 0 amide bonds. The first-order valence-corrected chi connectivity index (χ1v) is 8.65. The van der Waals surface area contributed by atoms with E-state index in [0.29, 0.717) is 12.6 Å². The van der Waals surface area contributed by atoms with Crippen molar-refractivity contribution in [3.05, 3.63) is 24.3 Å². The van der Waals surface area contributed by atoms with Gasteiger partial charge in [-0.3, -0.25) is 0 Å². The maximum absolute atomic E-state index is 5.66. The Kier molecular flexibility index (Phi) is 3.99. The van der Waals surface area contributed by atoms with Gasteiger partial charge in [0.2, 0.25) is 0 Å². The lowest BCUT2D eigenvalue weighted by Crippen LogP contribution is -2.06. The Labute approximate surface area is 135 Å². The predicted molar refractivity (Wildman–Crippen MR) is 88.3 cm³/mol. The number of rotatable bonds is 5. The maximum atomic E-state index is 5.66. The summed E-state index contributed by atoms with van der Waals surface area (Å²) in [6.07, 6.45) is 11.2. The summed E-state index contributed by atoms with van der Waals surface area (Å²) in [6, 6.07) is 2.11. The van der Waals surface area contributed by atoms with Crippen LogP contribution in [0.5, 0.6) is 0 Å². The normalized spacial score (nSPS) is 16.6. The second-order valence-corrected chi connectivity index (χ2v) is 6.41. The van der Waals surface area contributed by atoms with Crippen LogP contribution in [0.3, 0.4) is 0 Å². The molecule has 0 aliphatic heterocycles. The van der Waals surface area contributed by atoms with Crippen molar-refractivity contribution >= 4 is 16.6 Å². The van der Waals surface area contributed by atoms with Crippen molar-refractivity contribution in [1.29, 1.82) is 0 Å². The third-order valence-corrected chi connectivity index (χ3v) is 4.77. The van der Waals surface area contributed by atoms with Gasteiger partial charge in [0.1, 0.15) is 24.2 Å². The average molecular weight is 313 g/mol. The number of ether oxygens (including phenoxy) is 1. The lowest BCUT2D eigenvalue weighted by molar-refractivity contribution is 0.0800. The van der Waals surface area contributed by atoms with Crippen LogP contribution in [0.1, 0.15) is 57.1 Å². The second kappa shape index (κ2) is 6.28. The Bertz CT molecular complexity index is 800. The highest BCUT2D eigenvalue weighted by Crippen LogP contribution is 2.35. The van der Waals surface area contributed by atoms with E-state index in [1.807, 2.05) is 10.7 Å². The van der Waals surface area contributed by atoms with Crippen molar-refractivity contribution in [1.82, 2.24) is 24.4 Å². The summed E-state index contributed by atoms with van der Waals surface area (Å²) >= 11 is 0. The van der Waals surface area contributed by atoms with Gasteiger partial charge < -0.3 is 9.30 Å². The molecule has 1 saturated carbocycles. The molecule has 1 aliphatic carbocycles. The molecule has 1 fully saturated rings. The third kappa shape index (κ3) is 2.61. The summed E-state index contributed by atoms with van der Waals surface area (Å²) in [6.45, 7) is 3.42. The third-order valence-electron chi connectivity index (χ3n) is 4.77. The Morgan fingerprint density at radius 1 is 1.26 bits per heavy atom. The monoisotopic (exact) mass is 313 g/mol. The van der Waals surface area contributed by atoms with Crippen molar-refractivity contribution in [2.75, 3.05) is 6.61 Å². The molecule has 3 aromatic heterocycles. The van der Waals surface area contributed by atoms with Crippen LogP contribution < -0.4 is 0 Å². The zero-order valence-corrected chi connectivity index (χ0v) is 13.6. The van der Waals surface area contributed by atoms with Gasteiger partial charge in [-0.1, -0.05) is 31.4 Å². The van der Waals surface area contributed by atoms with E-state index in [0.717, 1.165) is 35.3 Å². The molecule has 6 heteroatoms. The van der Waals surface area contributed by atoms with Gasteiger partial charge in [0.25, 0.3) is 0 Å². The number of aromatic nitrogens is 5. The summed E-state index contributed by atoms with van der Waals surface area (Å²) in [5.41, 5.74) is 3.22. The molecule has 6 nitrogen and oxygen atoms in total. The van der Waals surface area contributed by atoms with Crippen LogP contribution in [0.4, 0.5) is 0 Å². The molecule has 4 rings (SSSR count). The van der Waals surface area contributed by atoms with Gasteiger partial charge in [0.05, 0.1) is 5.69 Å². The van der Waals surface area contributed by atoms with E-state index in [1.165, 1.54) is 32.1 Å². The van der Waals surface area contributed by atoms with Crippen LogP contribution in [0.2, 0.25) is 0 Å². The minimum atomic E-state index is 0.534. The second-order valence-electron chi connectivity index (χ2n) is 6.41. The summed E-state index contributed by atoms with van der Waals surface area (Å²) in [4.78, 5) is 4.55. The maximum Gasteiger partial charge on any atom is 0.145 e. The molecule has 23 heavy (non-hydrogen) atoms. The summed E-state index contributed by atoms with van der Waals surface area (Å²) in [5, 5.41) is 9.90. The van der Waals surface area contributed by atoms with Gasteiger partial charge in [0.15, 0.2) is 0 Å². The minimum Gasteiger partial charge on any atom is -0.361 e. The van der Waals surface area contributed by atoms with Crippen LogP contribution >= 0.6 is 0 Å². The predicted octanol–water partition coefficient (Wildman–Crippen LogP) is 3.51. The highest BCUT2D eigenvalue weighted by molar-refractivity contribution is 5.93. The van der Waals surface area contributed by atoms with Gasteiger partial charge >= 0.3 is 0 Å². The highest BCUT2D eigenvalue weighted by Gasteiger charge is 2.23. The first-order chi connectivity index (χ1) is 11.4. The fraction of sp³-hybridized carbons (Fsp3) is 0.588. The Morgan fingerprint density at radius 3 is 2.96 bits per heavy atom. The lowest BCUT2D eigenvalue weighted by atomic mass is 9.86. The van der Waals surface area contributed by atoms with E-state index in [-0.39, 0.29) is 0 Å².